The molecule has 0 saturated carbocycles. The predicted molar refractivity (Wildman–Crippen MR) is 104 cm³/mol. The number of hydrogen-bond donors (Lipinski definition) is 2. The van der Waals surface area contributed by atoms with Crippen molar-refractivity contribution >= 4 is 21.7 Å². The summed E-state index contributed by atoms with van der Waals surface area (Å²) in [7, 11) is -3.69. The fourth-order valence-electron chi connectivity index (χ4n) is 3.67. The van der Waals surface area contributed by atoms with Crippen molar-refractivity contribution in [3.8, 4) is 0 Å². The largest absolute Gasteiger partial charge is 0.466 e. The van der Waals surface area contributed by atoms with E-state index in [4.69, 9.17) is 4.74 Å². The molecular weight excluding hydrogens is 368 g/mol. The molecule has 3 unspecified atom stereocenters. The average Bonchev–Trinajstić information content (AvgIpc) is 3.04. The molecule has 9 heteroatoms. The Bertz CT molecular complexity index is 777. The molecule has 2 heterocycles. The number of nitrogens with one attached hydrogen (secondary N) is 2. The van der Waals surface area contributed by atoms with E-state index in [0.29, 0.717) is 26.2 Å². The second kappa shape index (κ2) is 8.14. The molecule has 0 aliphatic carbocycles. The van der Waals surface area contributed by atoms with E-state index in [1.807, 2.05) is 25.1 Å². The third-order valence-corrected chi connectivity index (χ3v) is 7.30. The molecule has 0 spiro atoms. The Balaban J connectivity index is 1.70. The van der Waals surface area contributed by atoms with Gasteiger partial charge in [0.1, 0.15) is 5.92 Å². The summed E-state index contributed by atoms with van der Waals surface area (Å²) >= 11 is 0. The molecule has 150 valence electrons. The summed E-state index contributed by atoms with van der Waals surface area (Å²) in [6.07, 6.45) is 0. The molecular formula is C18H28N4O4S. The molecule has 2 N–H and O–H groups in total. The van der Waals surface area contributed by atoms with E-state index in [0.717, 1.165) is 5.69 Å². The van der Waals surface area contributed by atoms with Crippen LogP contribution in [-0.4, -0.2) is 62.9 Å². The zero-order valence-electron chi connectivity index (χ0n) is 16.0. The van der Waals surface area contributed by atoms with Gasteiger partial charge in [-0.05, 0) is 38.5 Å². The van der Waals surface area contributed by atoms with Gasteiger partial charge in [-0.2, -0.15) is 4.31 Å². The number of anilines is 1. The number of hydrazine groups is 1. The standard InChI is InChI=1S/C18H28N4O4S/c1-4-26-18(23)16-14(3)19-20-17(16)27(24,25)22-10-8-21(9-11-22)15-7-5-6-13(2)12-15/h5-7,12,14,16-17,19-20H,4,8-11H2,1-3H3. The zero-order valence-corrected chi connectivity index (χ0v) is 16.8. The number of nitrogens with zero attached hydrogens (tertiary/aromatic N) is 2. The molecule has 2 aliphatic heterocycles. The summed E-state index contributed by atoms with van der Waals surface area (Å²) in [5, 5.41) is -1.02. The highest BCUT2D eigenvalue weighted by Gasteiger charge is 2.49. The first-order valence-corrected chi connectivity index (χ1v) is 10.8. The Morgan fingerprint density at radius 3 is 2.56 bits per heavy atom. The Hall–Kier alpha value is -1.68. The molecule has 2 aliphatic rings. The molecule has 3 atom stereocenters. The second-order valence-electron chi connectivity index (χ2n) is 7.05. The number of carbonyl (C=O) groups is 1. The number of sulfonamides is 1. The van der Waals surface area contributed by atoms with Crippen LogP contribution in [0.5, 0.6) is 0 Å². The van der Waals surface area contributed by atoms with Gasteiger partial charge in [-0.3, -0.25) is 10.2 Å². The van der Waals surface area contributed by atoms with Crippen LogP contribution in [0.15, 0.2) is 24.3 Å². The quantitative estimate of drug-likeness (QED) is 0.698. The molecule has 1 aromatic carbocycles. The van der Waals surface area contributed by atoms with Crippen molar-refractivity contribution < 1.29 is 17.9 Å². The van der Waals surface area contributed by atoms with Crippen LogP contribution in [0, 0.1) is 12.8 Å². The van der Waals surface area contributed by atoms with E-state index in [-0.39, 0.29) is 12.6 Å². The van der Waals surface area contributed by atoms with Crippen molar-refractivity contribution in [2.75, 3.05) is 37.7 Å². The van der Waals surface area contributed by atoms with E-state index >= 15 is 0 Å². The SMILES string of the molecule is CCOC(=O)C1C(C)NNC1S(=O)(=O)N1CCN(c2cccc(C)c2)CC1. The summed E-state index contributed by atoms with van der Waals surface area (Å²) in [5.74, 6) is -1.26. The topological polar surface area (TPSA) is 91.0 Å². The second-order valence-corrected chi connectivity index (χ2v) is 9.10. The van der Waals surface area contributed by atoms with Gasteiger partial charge in [-0.25, -0.2) is 13.8 Å². The van der Waals surface area contributed by atoms with Crippen molar-refractivity contribution in [3.63, 3.8) is 0 Å². The van der Waals surface area contributed by atoms with Crippen LogP contribution >= 0.6 is 0 Å². The van der Waals surface area contributed by atoms with Crippen LogP contribution < -0.4 is 15.8 Å². The number of piperazine rings is 1. The highest BCUT2D eigenvalue weighted by atomic mass is 32.2. The Morgan fingerprint density at radius 2 is 1.93 bits per heavy atom. The van der Waals surface area contributed by atoms with Crippen molar-refractivity contribution in [1.29, 1.82) is 0 Å². The third-order valence-electron chi connectivity index (χ3n) is 5.16. The maximum absolute atomic E-state index is 13.1. The van der Waals surface area contributed by atoms with Gasteiger partial charge in [0.25, 0.3) is 0 Å². The number of esters is 1. The number of rotatable bonds is 5. The first-order valence-electron chi connectivity index (χ1n) is 9.33. The minimum Gasteiger partial charge on any atom is -0.466 e. The van der Waals surface area contributed by atoms with Gasteiger partial charge in [0.2, 0.25) is 10.0 Å². The molecule has 2 saturated heterocycles. The summed E-state index contributed by atoms with van der Waals surface area (Å²) in [5.41, 5.74) is 7.95. The van der Waals surface area contributed by atoms with Crippen LogP contribution in [0.3, 0.4) is 0 Å². The van der Waals surface area contributed by atoms with Crippen LogP contribution in [0.4, 0.5) is 5.69 Å². The van der Waals surface area contributed by atoms with E-state index in [9.17, 15) is 13.2 Å². The summed E-state index contributed by atoms with van der Waals surface area (Å²) in [4.78, 5) is 14.5. The molecule has 27 heavy (non-hydrogen) atoms. The highest BCUT2D eigenvalue weighted by Crippen LogP contribution is 2.26. The minimum atomic E-state index is -3.69. The lowest BCUT2D eigenvalue weighted by atomic mass is 10.0. The van der Waals surface area contributed by atoms with E-state index < -0.39 is 27.3 Å². The van der Waals surface area contributed by atoms with Gasteiger partial charge < -0.3 is 9.64 Å². The Morgan fingerprint density at radius 1 is 1.22 bits per heavy atom. The van der Waals surface area contributed by atoms with Crippen LogP contribution in [-0.2, 0) is 19.6 Å². The van der Waals surface area contributed by atoms with Crippen LogP contribution in [0.2, 0.25) is 0 Å². The molecule has 0 radical (unpaired) electrons. The van der Waals surface area contributed by atoms with Gasteiger partial charge in [-0.1, -0.05) is 12.1 Å². The molecule has 8 nitrogen and oxygen atoms in total. The molecule has 3 rings (SSSR count). The first kappa shape index (κ1) is 20.1. The summed E-state index contributed by atoms with van der Waals surface area (Å²) < 4.78 is 32.9. The van der Waals surface area contributed by atoms with E-state index in [2.05, 4.69) is 21.8 Å². The molecule has 2 fully saturated rings. The van der Waals surface area contributed by atoms with Gasteiger partial charge in [0.15, 0.2) is 5.37 Å². The summed E-state index contributed by atoms with van der Waals surface area (Å²) in [6, 6.07) is 7.87. The number of hydrogen-bond acceptors (Lipinski definition) is 7. The molecule has 0 bridgehead atoms. The summed E-state index contributed by atoms with van der Waals surface area (Å²) in [6.45, 7) is 7.76. The van der Waals surface area contributed by atoms with Gasteiger partial charge in [-0.15, -0.1) is 0 Å². The van der Waals surface area contributed by atoms with Crippen LogP contribution in [0.25, 0.3) is 0 Å². The highest BCUT2D eigenvalue weighted by molar-refractivity contribution is 7.89. The third kappa shape index (κ3) is 4.11. The first-order chi connectivity index (χ1) is 12.8. The number of carbonyl (C=O) groups excluding carboxylic acids is 1. The van der Waals surface area contributed by atoms with Crippen molar-refractivity contribution in [3.05, 3.63) is 29.8 Å². The lowest BCUT2D eigenvalue weighted by Gasteiger charge is -2.37. The predicted octanol–water partition coefficient (Wildman–Crippen LogP) is 0.449. The molecule has 1 aromatic rings. The minimum absolute atomic E-state index is 0.226. The molecule has 0 amide bonds. The Labute approximate surface area is 160 Å². The zero-order chi connectivity index (χ0) is 19.6. The van der Waals surface area contributed by atoms with E-state index in [1.165, 1.54) is 9.87 Å². The Kier molecular flexibility index (Phi) is 6.05. The maximum Gasteiger partial charge on any atom is 0.313 e. The normalized spacial score (nSPS) is 26.9. The fraction of sp³-hybridized carbons (Fsp3) is 0.611. The molecule has 0 aromatic heterocycles. The maximum atomic E-state index is 13.1. The van der Waals surface area contributed by atoms with Gasteiger partial charge >= 0.3 is 5.97 Å². The van der Waals surface area contributed by atoms with Crippen molar-refractivity contribution in [2.24, 2.45) is 5.92 Å². The van der Waals surface area contributed by atoms with Gasteiger partial charge in [0.05, 0.1) is 6.61 Å². The van der Waals surface area contributed by atoms with Crippen LogP contribution in [0.1, 0.15) is 19.4 Å². The average molecular weight is 397 g/mol. The van der Waals surface area contributed by atoms with E-state index in [1.54, 1.807) is 13.8 Å². The number of benzene rings is 1. The lowest BCUT2D eigenvalue weighted by molar-refractivity contribution is -0.148. The van der Waals surface area contributed by atoms with Crippen molar-refractivity contribution in [1.82, 2.24) is 15.2 Å². The van der Waals surface area contributed by atoms with Crippen molar-refractivity contribution in [2.45, 2.75) is 32.2 Å². The van der Waals surface area contributed by atoms with Gasteiger partial charge in [0, 0.05) is 37.9 Å². The fourth-order valence-corrected chi connectivity index (χ4v) is 5.60. The number of aryl methyl sites for hydroxylation is 1. The monoisotopic (exact) mass is 396 g/mol. The smallest absolute Gasteiger partial charge is 0.313 e. The lowest BCUT2D eigenvalue weighted by Crippen LogP contribution is -2.55. The number of ether oxygens (including phenoxy) is 1.